The summed E-state index contributed by atoms with van der Waals surface area (Å²) in [5, 5.41) is 7.26. The van der Waals surface area contributed by atoms with E-state index < -0.39 is 0 Å². The van der Waals surface area contributed by atoms with Gasteiger partial charge in [0.1, 0.15) is 5.82 Å². The zero-order valence-corrected chi connectivity index (χ0v) is 15.8. The zero-order chi connectivity index (χ0) is 19.2. The molecule has 2 aromatic carbocycles. The van der Waals surface area contributed by atoms with Crippen molar-refractivity contribution in [2.75, 3.05) is 10.6 Å². The molecule has 0 aliphatic heterocycles. The summed E-state index contributed by atoms with van der Waals surface area (Å²) >= 11 is 5.97. The number of halogens is 1. The van der Waals surface area contributed by atoms with Crippen molar-refractivity contribution in [2.24, 2.45) is 0 Å². The molecule has 0 radical (unpaired) electrons. The summed E-state index contributed by atoms with van der Waals surface area (Å²) in [7, 11) is 0. The third kappa shape index (κ3) is 4.64. The molecule has 0 aliphatic carbocycles. The highest BCUT2D eigenvalue weighted by molar-refractivity contribution is 6.30. The van der Waals surface area contributed by atoms with E-state index in [4.69, 9.17) is 11.6 Å². The number of rotatable bonds is 6. The number of hydrogen-bond donors (Lipinski definition) is 2. The van der Waals surface area contributed by atoms with Gasteiger partial charge in [0.2, 0.25) is 5.95 Å². The van der Waals surface area contributed by atoms with Crippen LogP contribution in [-0.2, 0) is 6.54 Å². The lowest BCUT2D eigenvalue weighted by Crippen LogP contribution is -2.06. The average molecular weight is 388 g/mol. The molecular formula is C22H18ClN5. The lowest BCUT2D eigenvalue weighted by atomic mass is 10.1. The Balaban J connectivity index is 1.63. The van der Waals surface area contributed by atoms with Crippen LogP contribution in [0, 0.1) is 0 Å². The number of anilines is 3. The Bertz CT molecular complexity index is 1040. The molecule has 0 saturated carbocycles. The van der Waals surface area contributed by atoms with Gasteiger partial charge in [0, 0.05) is 28.5 Å². The fourth-order valence-electron chi connectivity index (χ4n) is 2.70. The lowest BCUT2D eigenvalue weighted by molar-refractivity contribution is 1.02. The first-order valence-corrected chi connectivity index (χ1v) is 9.25. The molecule has 5 nitrogen and oxygen atoms in total. The smallest absolute Gasteiger partial charge is 0.229 e. The van der Waals surface area contributed by atoms with Crippen molar-refractivity contribution in [3.63, 3.8) is 0 Å². The molecule has 0 atom stereocenters. The molecule has 6 heteroatoms. The highest BCUT2D eigenvalue weighted by Crippen LogP contribution is 2.24. The van der Waals surface area contributed by atoms with Gasteiger partial charge in [-0.2, -0.15) is 4.98 Å². The molecule has 0 saturated heterocycles. The van der Waals surface area contributed by atoms with E-state index in [9.17, 15) is 0 Å². The molecule has 0 aliphatic rings. The predicted octanol–water partition coefficient (Wildman–Crippen LogP) is 5.55. The van der Waals surface area contributed by atoms with Gasteiger partial charge in [-0.05, 0) is 36.4 Å². The maximum atomic E-state index is 5.97. The quantitative estimate of drug-likeness (QED) is 0.454. The number of hydrogen-bond acceptors (Lipinski definition) is 5. The summed E-state index contributed by atoms with van der Waals surface area (Å²) in [5.74, 6) is 1.23. The molecule has 0 unspecified atom stereocenters. The number of aromatic nitrogens is 3. The maximum Gasteiger partial charge on any atom is 0.229 e. The highest BCUT2D eigenvalue weighted by Gasteiger charge is 2.08. The van der Waals surface area contributed by atoms with Crippen molar-refractivity contribution >= 4 is 29.1 Å². The van der Waals surface area contributed by atoms with Crippen molar-refractivity contribution in [2.45, 2.75) is 6.54 Å². The minimum Gasteiger partial charge on any atom is -0.364 e. The summed E-state index contributed by atoms with van der Waals surface area (Å²) in [4.78, 5) is 13.6. The van der Waals surface area contributed by atoms with E-state index in [2.05, 4.69) is 25.6 Å². The van der Waals surface area contributed by atoms with E-state index >= 15 is 0 Å². The van der Waals surface area contributed by atoms with Gasteiger partial charge in [0.05, 0.1) is 17.9 Å². The second kappa shape index (κ2) is 8.50. The molecular weight excluding hydrogens is 370 g/mol. The van der Waals surface area contributed by atoms with Crippen molar-refractivity contribution in [1.82, 2.24) is 15.0 Å². The Morgan fingerprint density at radius 1 is 0.821 bits per heavy atom. The first-order chi connectivity index (χ1) is 13.8. The van der Waals surface area contributed by atoms with Crippen LogP contribution in [0.4, 0.5) is 17.5 Å². The van der Waals surface area contributed by atoms with Gasteiger partial charge < -0.3 is 10.6 Å². The van der Waals surface area contributed by atoms with E-state index in [-0.39, 0.29) is 0 Å². The molecule has 0 fully saturated rings. The van der Waals surface area contributed by atoms with Crippen LogP contribution >= 0.6 is 11.6 Å². The molecule has 2 heterocycles. The van der Waals surface area contributed by atoms with Crippen LogP contribution in [0.1, 0.15) is 5.69 Å². The van der Waals surface area contributed by atoms with Crippen LogP contribution in [0.25, 0.3) is 11.3 Å². The first-order valence-electron chi connectivity index (χ1n) is 8.87. The summed E-state index contributed by atoms with van der Waals surface area (Å²) in [6.07, 6.45) is 1.78. The molecule has 138 valence electrons. The molecule has 0 bridgehead atoms. The van der Waals surface area contributed by atoms with Gasteiger partial charge in [-0.3, -0.25) is 4.98 Å². The second-order valence-corrected chi connectivity index (χ2v) is 6.57. The molecule has 28 heavy (non-hydrogen) atoms. The molecule has 4 aromatic rings. The zero-order valence-electron chi connectivity index (χ0n) is 15.0. The normalized spacial score (nSPS) is 10.5. The summed E-state index contributed by atoms with van der Waals surface area (Å²) in [5.41, 5.74) is 3.65. The van der Waals surface area contributed by atoms with Gasteiger partial charge in [-0.1, -0.05) is 48.0 Å². The fourth-order valence-corrected chi connectivity index (χ4v) is 2.82. The Morgan fingerprint density at radius 3 is 2.36 bits per heavy atom. The van der Waals surface area contributed by atoms with Crippen LogP contribution in [-0.4, -0.2) is 15.0 Å². The van der Waals surface area contributed by atoms with Crippen molar-refractivity contribution in [1.29, 1.82) is 0 Å². The van der Waals surface area contributed by atoms with Crippen LogP contribution in [0.2, 0.25) is 5.02 Å². The predicted molar refractivity (Wildman–Crippen MR) is 114 cm³/mol. The van der Waals surface area contributed by atoms with Crippen molar-refractivity contribution < 1.29 is 0 Å². The molecule has 2 N–H and O–H groups in total. The van der Waals surface area contributed by atoms with Crippen molar-refractivity contribution in [3.8, 4) is 11.3 Å². The standard InChI is InChI=1S/C22H18ClN5/c23-17-9-11-18(12-10-17)26-22-27-20(16-6-2-1-3-7-16)14-21(28-22)25-15-19-8-4-5-13-24-19/h1-14H,15H2,(H2,25,26,27,28). The van der Waals surface area contributed by atoms with Crippen LogP contribution in [0.5, 0.6) is 0 Å². The van der Waals surface area contributed by atoms with Gasteiger partial charge in [0.25, 0.3) is 0 Å². The number of benzene rings is 2. The van der Waals surface area contributed by atoms with Crippen LogP contribution in [0.3, 0.4) is 0 Å². The third-order valence-corrected chi connectivity index (χ3v) is 4.32. The van der Waals surface area contributed by atoms with E-state index in [0.29, 0.717) is 17.5 Å². The summed E-state index contributed by atoms with van der Waals surface area (Å²) < 4.78 is 0. The molecule has 0 spiro atoms. The molecule has 0 amide bonds. The SMILES string of the molecule is Clc1ccc(Nc2nc(NCc3ccccn3)cc(-c3ccccc3)n2)cc1. The van der Waals surface area contributed by atoms with Crippen LogP contribution in [0.15, 0.2) is 85.1 Å². The minimum atomic E-state index is 0.507. The van der Waals surface area contributed by atoms with E-state index in [1.54, 1.807) is 6.20 Å². The van der Waals surface area contributed by atoms with Crippen molar-refractivity contribution in [3.05, 3.63) is 95.8 Å². The van der Waals surface area contributed by atoms with Gasteiger partial charge >= 0.3 is 0 Å². The van der Waals surface area contributed by atoms with Gasteiger partial charge in [-0.15, -0.1) is 0 Å². The third-order valence-electron chi connectivity index (χ3n) is 4.07. The van der Waals surface area contributed by atoms with E-state index in [1.165, 1.54) is 0 Å². The Morgan fingerprint density at radius 2 is 1.61 bits per heavy atom. The Hall–Kier alpha value is -3.44. The summed E-state index contributed by atoms with van der Waals surface area (Å²) in [6.45, 7) is 0.576. The van der Waals surface area contributed by atoms with E-state index in [1.807, 2.05) is 78.9 Å². The monoisotopic (exact) mass is 387 g/mol. The minimum absolute atomic E-state index is 0.507. The summed E-state index contributed by atoms with van der Waals surface area (Å²) in [6, 6.07) is 25.2. The Kier molecular flexibility index (Phi) is 5.45. The number of nitrogens with one attached hydrogen (secondary N) is 2. The average Bonchev–Trinajstić information content (AvgIpc) is 2.75. The fraction of sp³-hybridized carbons (Fsp3) is 0.0455. The largest absolute Gasteiger partial charge is 0.364 e. The lowest BCUT2D eigenvalue weighted by Gasteiger charge is -2.11. The molecule has 4 rings (SSSR count). The van der Waals surface area contributed by atoms with Gasteiger partial charge in [0.15, 0.2) is 0 Å². The van der Waals surface area contributed by atoms with Gasteiger partial charge in [-0.25, -0.2) is 4.98 Å². The Labute approximate surface area is 168 Å². The van der Waals surface area contributed by atoms with Crippen LogP contribution < -0.4 is 10.6 Å². The number of pyridine rings is 1. The second-order valence-electron chi connectivity index (χ2n) is 6.13. The number of nitrogens with zero attached hydrogens (tertiary/aromatic N) is 3. The highest BCUT2D eigenvalue weighted by atomic mass is 35.5. The maximum absolute atomic E-state index is 5.97. The first kappa shape index (κ1) is 17.9. The van der Waals surface area contributed by atoms with E-state index in [0.717, 1.165) is 28.5 Å². The topological polar surface area (TPSA) is 62.7 Å². The molecule has 2 aromatic heterocycles.